The van der Waals surface area contributed by atoms with E-state index in [1.54, 1.807) is 18.8 Å². The fourth-order valence-electron chi connectivity index (χ4n) is 0.979. The molecule has 1 amide bonds. The quantitative estimate of drug-likeness (QED) is 0.698. The fraction of sp³-hybridized carbons (Fsp3) is 0.778. The van der Waals surface area contributed by atoms with Crippen LogP contribution in [-0.4, -0.2) is 42.4 Å². The molecule has 0 aromatic carbocycles. The molecule has 0 bridgehead atoms. The summed E-state index contributed by atoms with van der Waals surface area (Å²) >= 11 is 1.67. The lowest BCUT2D eigenvalue weighted by atomic mass is 10.2. The Morgan fingerprint density at radius 3 is 2.86 bits per heavy atom. The molecule has 5 heteroatoms. The van der Waals surface area contributed by atoms with Crippen LogP contribution < -0.4 is 5.73 Å². The molecule has 80 valence electrons. The molecular formula is C9H17N3OS. The molecule has 0 saturated carbocycles. The number of hydrogen-bond acceptors (Lipinski definition) is 4. The number of hydrogen-bond donors (Lipinski definition) is 1. The molecule has 14 heavy (non-hydrogen) atoms. The van der Waals surface area contributed by atoms with E-state index in [2.05, 4.69) is 0 Å². The summed E-state index contributed by atoms with van der Waals surface area (Å²) in [6.07, 6.45) is 3.03. The summed E-state index contributed by atoms with van der Waals surface area (Å²) in [5, 5.41) is 8.35. The molecule has 0 aliphatic heterocycles. The van der Waals surface area contributed by atoms with E-state index in [1.807, 2.05) is 12.3 Å². The van der Waals surface area contributed by atoms with E-state index in [0.717, 1.165) is 5.75 Å². The number of carbonyl (C=O) groups excluding carboxylic acids is 1. The molecule has 0 aromatic rings. The van der Waals surface area contributed by atoms with Crippen molar-refractivity contribution in [2.45, 2.75) is 18.9 Å². The van der Waals surface area contributed by atoms with Crippen LogP contribution in [0.15, 0.2) is 0 Å². The van der Waals surface area contributed by atoms with Gasteiger partial charge < -0.3 is 10.6 Å². The summed E-state index contributed by atoms with van der Waals surface area (Å²) in [5.41, 5.74) is 5.69. The van der Waals surface area contributed by atoms with Crippen molar-refractivity contribution in [2.75, 3.05) is 25.6 Å². The number of nitrogens with zero attached hydrogens (tertiary/aromatic N) is 2. The highest BCUT2D eigenvalue weighted by Gasteiger charge is 2.16. The molecule has 0 saturated heterocycles. The molecule has 0 radical (unpaired) electrons. The summed E-state index contributed by atoms with van der Waals surface area (Å²) in [4.78, 5) is 13.1. The van der Waals surface area contributed by atoms with E-state index in [0.29, 0.717) is 19.4 Å². The van der Waals surface area contributed by atoms with Crippen LogP contribution in [0.2, 0.25) is 0 Å². The second kappa shape index (κ2) is 7.65. The standard InChI is InChI=1S/C9H17N3OS/c1-12(6-3-5-10)9(13)8(11)4-7-14-2/h8H,3-4,6-7,11H2,1-2H3/t8-/m0/s1. The van der Waals surface area contributed by atoms with Gasteiger partial charge in [0.1, 0.15) is 0 Å². The summed E-state index contributed by atoms with van der Waals surface area (Å²) in [6.45, 7) is 0.461. The number of likely N-dealkylation sites (N-methyl/N-ethyl adjacent to an activating group) is 1. The lowest BCUT2D eigenvalue weighted by Gasteiger charge is -2.19. The average molecular weight is 215 g/mol. The minimum atomic E-state index is -0.425. The van der Waals surface area contributed by atoms with Gasteiger partial charge in [-0.1, -0.05) is 0 Å². The Kier molecular flexibility index (Phi) is 7.25. The van der Waals surface area contributed by atoms with Crippen molar-refractivity contribution in [2.24, 2.45) is 5.73 Å². The van der Waals surface area contributed by atoms with Gasteiger partial charge in [-0.15, -0.1) is 0 Å². The van der Waals surface area contributed by atoms with Gasteiger partial charge in [-0.05, 0) is 18.4 Å². The number of nitriles is 1. The maximum absolute atomic E-state index is 11.5. The van der Waals surface area contributed by atoms with Crippen molar-refractivity contribution in [1.29, 1.82) is 5.26 Å². The van der Waals surface area contributed by atoms with E-state index in [-0.39, 0.29) is 5.91 Å². The number of thioether (sulfide) groups is 1. The van der Waals surface area contributed by atoms with Gasteiger partial charge in [0.15, 0.2) is 0 Å². The molecule has 0 aliphatic carbocycles. The first-order chi connectivity index (χ1) is 6.63. The van der Waals surface area contributed by atoms with Gasteiger partial charge in [0.05, 0.1) is 18.5 Å². The third kappa shape index (κ3) is 5.10. The molecule has 2 N–H and O–H groups in total. The van der Waals surface area contributed by atoms with Gasteiger partial charge in [-0.2, -0.15) is 17.0 Å². The van der Waals surface area contributed by atoms with E-state index in [4.69, 9.17) is 11.0 Å². The number of carbonyl (C=O) groups is 1. The van der Waals surface area contributed by atoms with Crippen molar-refractivity contribution in [3.63, 3.8) is 0 Å². The molecule has 0 aliphatic rings. The molecule has 1 atom stereocenters. The van der Waals surface area contributed by atoms with Crippen molar-refractivity contribution in [3.8, 4) is 6.07 Å². The van der Waals surface area contributed by atoms with Gasteiger partial charge in [0.25, 0.3) is 0 Å². The largest absolute Gasteiger partial charge is 0.343 e. The third-order valence-electron chi connectivity index (χ3n) is 1.89. The molecule has 0 aromatic heterocycles. The first-order valence-corrected chi connectivity index (χ1v) is 5.89. The van der Waals surface area contributed by atoms with Crippen molar-refractivity contribution in [3.05, 3.63) is 0 Å². The van der Waals surface area contributed by atoms with E-state index in [9.17, 15) is 4.79 Å². The zero-order chi connectivity index (χ0) is 11.0. The highest BCUT2D eigenvalue weighted by molar-refractivity contribution is 7.98. The molecule has 0 fully saturated rings. The second-order valence-corrected chi connectivity index (χ2v) is 4.04. The predicted octanol–water partition coefficient (Wildman–Crippen LogP) is 0.439. The molecule has 4 nitrogen and oxygen atoms in total. The van der Waals surface area contributed by atoms with E-state index in [1.165, 1.54) is 4.90 Å². The van der Waals surface area contributed by atoms with E-state index >= 15 is 0 Å². The van der Waals surface area contributed by atoms with Crippen LogP contribution >= 0.6 is 11.8 Å². The van der Waals surface area contributed by atoms with Gasteiger partial charge >= 0.3 is 0 Å². The van der Waals surface area contributed by atoms with Crippen molar-refractivity contribution >= 4 is 17.7 Å². The smallest absolute Gasteiger partial charge is 0.239 e. The lowest BCUT2D eigenvalue weighted by Crippen LogP contribution is -2.42. The molecule has 0 heterocycles. The molecule has 0 spiro atoms. The van der Waals surface area contributed by atoms with E-state index < -0.39 is 6.04 Å². The summed E-state index contributed by atoms with van der Waals surface area (Å²) in [7, 11) is 1.68. The van der Waals surface area contributed by atoms with Crippen LogP contribution in [0.4, 0.5) is 0 Å². The SMILES string of the molecule is CSCC[C@H](N)C(=O)N(C)CCC#N. The predicted molar refractivity (Wildman–Crippen MR) is 58.8 cm³/mol. The van der Waals surface area contributed by atoms with Gasteiger partial charge in [0.2, 0.25) is 5.91 Å². The van der Waals surface area contributed by atoms with Crippen LogP contribution in [0.1, 0.15) is 12.8 Å². The van der Waals surface area contributed by atoms with Crippen LogP contribution in [0.3, 0.4) is 0 Å². The topological polar surface area (TPSA) is 70.1 Å². The average Bonchev–Trinajstić information content (AvgIpc) is 2.21. The highest BCUT2D eigenvalue weighted by atomic mass is 32.2. The minimum Gasteiger partial charge on any atom is -0.343 e. The van der Waals surface area contributed by atoms with Gasteiger partial charge in [-0.25, -0.2) is 0 Å². The number of rotatable bonds is 6. The van der Waals surface area contributed by atoms with Crippen molar-refractivity contribution in [1.82, 2.24) is 4.90 Å². The summed E-state index contributed by atoms with van der Waals surface area (Å²) in [5.74, 6) is 0.813. The van der Waals surface area contributed by atoms with Crippen LogP contribution in [0.25, 0.3) is 0 Å². The Morgan fingerprint density at radius 1 is 1.71 bits per heavy atom. The van der Waals surface area contributed by atoms with Gasteiger partial charge in [-0.3, -0.25) is 4.79 Å². The summed E-state index contributed by atoms with van der Waals surface area (Å²) in [6, 6.07) is 1.57. The second-order valence-electron chi connectivity index (χ2n) is 3.06. The van der Waals surface area contributed by atoms with Crippen molar-refractivity contribution < 1.29 is 4.79 Å². The monoisotopic (exact) mass is 215 g/mol. The van der Waals surface area contributed by atoms with Crippen LogP contribution in [0.5, 0.6) is 0 Å². The first kappa shape index (κ1) is 13.3. The Morgan fingerprint density at radius 2 is 2.36 bits per heavy atom. The van der Waals surface area contributed by atoms with Crippen LogP contribution in [-0.2, 0) is 4.79 Å². The molecule has 0 rings (SSSR count). The zero-order valence-corrected chi connectivity index (χ0v) is 9.51. The Bertz CT molecular complexity index is 215. The maximum Gasteiger partial charge on any atom is 0.239 e. The first-order valence-electron chi connectivity index (χ1n) is 4.50. The van der Waals surface area contributed by atoms with Crippen LogP contribution in [0, 0.1) is 11.3 Å². The lowest BCUT2D eigenvalue weighted by molar-refractivity contribution is -0.131. The van der Waals surface area contributed by atoms with Gasteiger partial charge in [0, 0.05) is 13.6 Å². The normalized spacial score (nSPS) is 11.9. The molecule has 0 unspecified atom stereocenters. The Hall–Kier alpha value is -0.730. The Balaban J connectivity index is 3.85. The minimum absolute atomic E-state index is 0.0747. The summed E-state index contributed by atoms with van der Waals surface area (Å²) < 4.78 is 0. The third-order valence-corrected chi connectivity index (χ3v) is 2.53. The zero-order valence-electron chi connectivity index (χ0n) is 8.69. The number of nitrogens with two attached hydrogens (primary N) is 1. The fourth-order valence-corrected chi connectivity index (χ4v) is 1.47. The highest BCUT2D eigenvalue weighted by Crippen LogP contribution is 2.01. The maximum atomic E-state index is 11.5. The molecular weight excluding hydrogens is 198 g/mol. The number of amides is 1. The Labute approximate surface area is 89.4 Å².